The van der Waals surface area contributed by atoms with Crippen molar-refractivity contribution < 1.29 is 4.74 Å². The van der Waals surface area contributed by atoms with Gasteiger partial charge in [0.2, 0.25) is 0 Å². The summed E-state index contributed by atoms with van der Waals surface area (Å²) in [5.41, 5.74) is 2.16. The maximum atomic E-state index is 9.86. The van der Waals surface area contributed by atoms with Crippen LogP contribution in [0.15, 0.2) is 36.7 Å². The number of nitrogens with zero attached hydrogens (tertiary/aromatic N) is 3. The van der Waals surface area contributed by atoms with Crippen molar-refractivity contribution >= 4 is 0 Å². The maximum Gasteiger partial charge on any atom is 0.159 e. The molecule has 1 heterocycles. The first kappa shape index (κ1) is 29.2. The molecule has 4 nitrogen and oxygen atoms in total. The molecule has 0 spiro atoms. The van der Waals surface area contributed by atoms with Crippen LogP contribution >= 0.6 is 0 Å². The summed E-state index contributed by atoms with van der Waals surface area (Å²) in [6, 6.07) is 10.9. The van der Waals surface area contributed by atoms with E-state index in [1.807, 2.05) is 24.5 Å². The summed E-state index contributed by atoms with van der Waals surface area (Å²) >= 11 is 0. The quantitative estimate of drug-likeness (QED) is 0.202. The molecule has 0 aliphatic heterocycles. The van der Waals surface area contributed by atoms with Crippen LogP contribution in [0.2, 0.25) is 0 Å². The molecule has 1 aromatic carbocycles. The third-order valence-electron chi connectivity index (χ3n) is 8.18. The van der Waals surface area contributed by atoms with Crippen LogP contribution < -0.4 is 4.74 Å². The minimum atomic E-state index is -0.0887. The molecule has 0 bridgehead atoms. The summed E-state index contributed by atoms with van der Waals surface area (Å²) in [4.78, 5) is 9.21. The lowest BCUT2D eigenvalue weighted by atomic mass is 9.69. The Morgan fingerprint density at radius 2 is 1.43 bits per heavy atom. The van der Waals surface area contributed by atoms with Crippen LogP contribution in [0.3, 0.4) is 0 Å². The van der Waals surface area contributed by atoms with Gasteiger partial charge in [0.15, 0.2) is 5.82 Å². The number of aromatic nitrogens is 2. The molecule has 0 saturated heterocycles. The van der Waals surface area contributed by atoms with Gasteiger partial charge in [-0.05, 0) is 80.7 Å². The van der Waals surface area contributed by atoms with Crippen molar-refractivity contribution in [2.75, 3.05) is 6.61 Å². The third-order valence-corrected chi connectivity index (χ3v) is 8.18. The Balaban J connectivity index is 1.37. The van der Waals surface area contributed by atoms with Crippen LogP contribution in [0.4, 0.5) is 0 Å². The number of benzene rings is 1. The smallest absolute Gasteiger partial charge is 0.159 e. The van der Waals surface area contributed by atoms with Gasteiger partial charge in [-0.15, -0.1) is 0 Å². The fraction of sp³-hybridized carbons (Fsp3) is 0.667. The first-order valence-electron chi connectivity index (χ1n) is 15.1. The Labute approximate surface area is 226 Å². The molecular formula is C33H49N3O. The van der Waals surface area contributed by atoms with E-state index in [-0.39, 0.29) is 5.41 Å². The average molecular weight is 504 g/mol. The molecule has 37 heavy (non-hydrogen) atoms. The predicted molar refractivity (Wildman–Crippen MR) is 153 cm³/mol. The van der Waals surface area contributed by atoms with E-state index in [4.69, 9.17) is 4.74 Å². The highest BCUT2D eigenvalue weighted by atomic mass is 16.5. The number of rotatable bonds is 17. The summed E-state index contributed by atoms with van der Waals surface area (Å²) in [7, 11) is 0. The van der Waals surface area contributed by atoms with E-state index < -0.39 is 0 Å². The number of ether oxygens (including phenoxy) is 1. The zero-order valence-corrected chi connectivity index (χ0v) is 23.5. The monoisotopic (exact) mass is 503 g/mol. The second-order valence-electron chi connectivity index (χ2n) is 11.3. The van der Waals surface area contributed by atoms with Gasteiger partial charge in [-0.25, -0.2) is 9.97 Å². The summed E-state index contributed by atoms with van der Waals surface area (Å²) in [5, 5.41) is 9.86. The Morgan fingerprint density at radius 1 is 0.838 bits per heavy atom. The molecule has 0 radical (unpaired) electrons. The van der Waals surface area contributed by atoms with Crippen LogP contribution in [-0.2, 0) is 6.42 Å². The van der Waals surface area contributed by atoms with Gasteiger partial charge in [0, 0.05) is 18.0 Å². The van der Waals surface area contributed by atoms with Gasteiger partial charge in [0.25, 0.3) is 0 Å². The summed E-state index contributed by atoms with van der Waals surface area (Å²) in [6.45, 7) is 5.24. The number of aryl methyl sites for hydroxylation is 1. The van der Waals surface area contributed by atoms with E-state index in [9.17, 15) is 5.26 Å². The number of hydrogen-bond donors (Lipinski definition) is 0. The van der Waals surface area contributed by atoms with E-state index in [1.54, 1.807) is 0 Å². The number of nitriles is 1. The highest BCUT2D eigenvalue weighted by Crippen LogP contribution is 2.42. The van der Waals surface area contributed by atoms with Gasteiger partial charge in [-0.3, -0.25) is 0 Å². The van der Waals surface area contributed by atoms with Gasteiger partial charge < -0.3 is 4.74 Å². The van der Waals surface area contributed by atoms with Crippen LogP contribution in [0.1, 0.15) is 122 Å². The molecule has 1 aromatic heterocycles. The lowest BCUT2D eigenvalue weighted by Crippen LogP contribution is -2.28. The Kier molecular flexibility index (Phi) is 12.9. The predicted octanol–water partition coefficient (Wildman–Crippen LogP) is 9.49. The van der Waals surface area contributed by atoms with Crippen molar-refractivity contribution in [1.29, 1.82) is 5.26 Å². The van der Waals surface area contributed by atoms with Gasteiger partial charge in [0.1, 0.15) is 5.75 Å². The molecular weight excluding hydrogens is 454 g/mol. The zero-order chi connectivity index (χ0) is 26.2. The standard InChI is InChI=1S/C33H49N3O/c1-3-5-7-9-10-12-14-29-24-35-32(36-25-29)30-15-17-31(18-16-30)37-26-28-19-22-33(27-34,23-20-28)21-13-11-8-6-4-2/h15-18,24-25,28H,3-14,19-23,26H2,1-2H3. The summed E-state index contributed by atoms with van der Waals surface area (Å²) in [5.74, 6) is 2.22. The minimum Gasteiger partial charge on any atom is -0.493 e. The maximum absolute atomic E-state index is 9.86. The summed E-state index contributed by atoms with van der Waals surface area (Å²) in [6.07, 6.45) is 24.6. The molecule has 202 valence electrons. The zero-order valence-electron chi connectivity index (χ0n) is 23.5. The minimum absolute atomic E-state index is 0.0887. The van der Waals surface area contributed by atoms with Gasteiger partial charge >= 0.3 is 0 Å². The molecule has 0 atom stereocenters. The lowest BCUT2D eigenvalue weighted by molar-refractivity contribution is 0.144. The highest BCUT2D eigenvalue weighted by Gasteiger charge is 2.35. The number of unbranched alkanes of at least 4 members (excludes halogenated alkanes) is 9. The van der Waals surface area contributed by atoms with Crippen molar-refractivity contribution in [2.24, 2.45) is 11.3 Å². The average Bonchev–Trinajstić information content (AvgIpc) is 2.95. The van der Waals surface area contributed by atoms with Crippen molar-refractivity contribution in [2.45, 2.75) is 123 Å². The van der Waals surface area contributed by atoms with E-state index in [0.717, 1.165) is 62.3 Å². The highest BCUT2D eigenvalue weighted by molar-refractivity contribution is 5.55. The van der Waals surface area contributed by atoms with E-state index >= 15 is 0 Å². The van der Waals surface area contributed by atoms with Crippen molar-refractivity contribution in [3.63, 3.8) is 0 Å². The fourth-order valence-electron chi connectivity index (χ4n) is 5.54. The van der Waals surface area contributed by atoms with E-state index in [1.165, 1.54) is 76.2 Å². The van der Waals surface area contributed by atoms with Crippen molar-refractivity contribution in [3.05, 3.63) is 42.2 Å². The second-order valence-corrected chi connectivity index (χ2v) is 11.3. The first-order chi connectivity index (χ1) is 18.2. The Hall–Kier alpha value is -2.41. The van der Waals surface area contributed by atoms with Crippen molar-refractivity contribution in [3.8, 4) is 23.2 Å². The largest absolute Gasteiger partial charge is 0.493 e. The van der Waals surface area contributed by atoms with Crippen molar-refractivity contribution in [1.82, 2.24) is 9.97 Å². The second kappa shape index (κ2) is 16.4. The first-order valence-corrected chi connectivity index (χ1v) is 15.1. The van der Waals surface area contributed by atoms with Crippen LogP contribution in [-0.4, -0.2) is 16.6 Å². The topological polar surface area (TPSA) is 58.8 Å². The molecule has 1 aliphatic rings. The third kappa shape index (κ3) is 10.1. The molecule has 4 heteroatoms. The van der Waals surface area contributed by atoms with Gasteiger partial charge in [-0.2, -0.15) is 5.26 Å². The normalized spacial score (nSPS) is 19.4. The SMILES string of the molecule is CCCCCCCCc1cnc(-c2ccc(OCC3CCC(C#N)(CCCCCCC)CC3)cc2)nc1. The van der Waals surface area contributed by atoms with E-state index in [0.29, 0.717) is 5.92 Å². The van der Waals surface area contributed by atoms with Gasteiger partial charge in [-0.1, -0.05) is 78.1 Å². The molecule has 1 aliphatic carbocycles. The fourth-order valence-corrected chi connectivity index (χ4v) is 5.54. The molecule has 0 amide bonds. The molecule has 0 N–H and O–H groups in total. The molecule has 1 saturated carbocycles. The van der Waals surface area contributed by atoms with Crippen LogP contribution in [0.25, 0.3) is 11.4 Å². The molecule has 1 fully saturated rings. The summed E-state index contributed by atoms with van der Waals surface area (Å²) < 4.78 is 6.14. The van der Waals surface area contributed by atoms with E-state index in [2.05, 4.69) is 42.0 Å². The molecule has 0 unspecified atom stereocenters. The Bertz CT molecular complexity index is 908. The molecule has 3 rings (SSSR count). The molecule has 2 aromatic rings. The van der Waals surface area contributed by atoms with Gasteiger partial charge in [0.05, 0.1) is 18.1 Å². The Morgan fingerprint density at radius 3 is 2.05 bits per heavy atom. The van der Waals surface area contributed by atoms with Crippen LogP contribution in [0, 0.1) is 22.7 Å². The number of hydrogen-bond acceptors (Lipinski definition) is 4. The van der Waals surface area contributed by atoms with Crippen LogP contribution in [0.5, 0.6) is 5.75 Å². The lowest BCUT2D eigenvalue weighted by Gasteiger charge is -2.35.